The first-order chi connectivity index (χ1) is 9.49. The highest BCUT2D eigenvalue weighted by atomic mass is 16.6. The molecule has 0 unspecified atom stereocenters. The van der Waals surface area contributed by atoms with Crippen molar-refractivity contribution < 1.29 is 9.72 Å². The highest BCUT2D eigenvalue weighted by Gasteiger charge is 2.15. The lowest BCUT2D eigenvalue weighted by Crippen LogP contribution is -2.25. The number of rotatable bonds is 4. The summed E-state index contributed by atoms with van der Waals surface area (Å²) < 4.78 is 1.65. The Hall–Kier alpha value is -2.97. The number of nitrogens with one attached hydrogen (secondary N) is 1. The summed E-state index contributed by atoms with van der Waals surface area (Å²) >= 11 is 0. The van der Waals surface area contributed by atoms with Crippen molar-refractivity contribution in [2.75, 3.05) is 5.73 Å². The number of amides is 1. The van der Waals surface area contributed by atoms with Gasteiger partial charge in [0.1, 0.15) is 6.33 Å². The van der Waals surface area contributed by atoms with E-state index in [1.54, 1.807) is 11.6 Å². The number of nitro groups is 1. The average molecular weight is 276 g/mol. The minimum atomic E-state index is -0.584. The molecule has 20 heavy (non-hydrogen) atoms. The fourth-order valence-corrected chi connectivity index (χ4v) is 1.58. The van der Waals surface area contributed by atoms with Gasteiger partial charge in [-0.15, -0.1) is 10.2 Å². The molecule has 2 aromatic rings. The minimum absolute atomic E-state index is 0.0568. The summed E-state index contributed by atoms with van der Waals surface area (Å²) in [5, 5.41) is 20.8. The molecular weight excluding hydrogens is 264 g/mol. The van der Waals surface area contributed by atoms with Gasteiger partial charge in [-0.3, -0.25) is 14.9 Å². The number of non-ortho nitro benzene ring substituents is 1. The smallest absolute Gasteiger partial charge is 0.270 e. The van der Waals surface area contributed by atoms with Gasteiger partial charge >= 0.3 is 0 Å². The lowest BCUT2D eigenvalue weighted by atomic mass is 10.1. The van der Waals surface area contributed by atoms with Gasteiger partial charge in [-0.2, -0.15) is 0 Å². The number of hydrogen-bond donors (Lipinski definition) is 2. The normalized spacial score (nSPS) is 10.2. The molecule has 1 amide bonds. The van der Waals surface area contributed by atoms with Gasteiger partial charge < -0.3 is 15.6 Å². The largest absolute Gasteiger partial charge is 0.398 e. The van der Waals surface area contributed by atoms with Crippen LogP contribution in [0.25, 0.3) is 0 Å². The van der Waals surface area contributed by atoms with Crippen molar-refractivity contribution in [3.63, 3.8) is 0 Å². The van der Waals surface area contributed by atoms with E-state index in [0.717, 1.165) is 6.07 Å². The molecular formula is C11H12N6O3. The number of anilines is 1. The van der Waals surface area contributed by atoms with E-state index in [1.807, 2.05) is 0 Å². The molecule has 9 nitrogen and oxygen atoms in total. The predicted octanol–water partition coefficient (Wildman–Crippen LogP) is 0.235. The molecule has 0 aliphatic rings. The zero-order valence-electron chi connectivity index (χ0n) is 10.6. The van der Waals surface area contributed by atoms with E-state index < -0.39 is 10.8 Å². The van der Waals surface area contributed by atoms with E-state index in [-0.39, 0.29) is 23.5 Å². The van der Waals surface area contributed by atoms with E-state index in [9.17, 15) is 14.9 Å². The van der Waals surface area contributed by atoms with Crippen molar-refractivity contribution in [3.05, 3.63) is 46.0 Å². The molecule has 1 heterocycles. The summed E-state index contributed by atoms with van der Waals surface area (Å²) in [4.78, 5) is 22.1. The van der Waals surface area contributed by atoms with E-state index in [2.05, 4.69) is 15.5 Å². The number of aryl methyl sites for hydroxylation is 1. The second-order valence-corrected chi connectivity index (χ2v) is 4.07. The quantitative estimate of drug-likeness (QED) is 0.467. The molecule has 0 atom stereocenters. The first-order valence-electron chi connectivity index (χ1n) is 5.64. The number of carbonyl (C=O) groups is 1. The predicted molar refractivity (Wildman–Crippen MR) is 69.7 cm³/mol. The molecule has 2 rings (SSSR count). The topological polar surface area (TPSA) is 129 Å². The Kier molecular flexibility index (Phi) is 3.60. The summed E-state index contributed by atoms with van der Waals surface area (Å²) in [6.07, 6.45) is 1.50. The number of carbonyl (C=O) groups excluding carboxylic acids is 1. The van der Waals surface area contributed by atoms with Gasteiger partial charge in [0.15, 0.2) is 5.82 Å². The lowest BCUT2D eigenvalue weighted by molar-refractivity contribution is -0.384. The van der Waals surface area contributed by atoms with E-state index in [4.69, 9.17) is 5.73 Å². The number of hydrogen-bond acceptors (Lipinski definition) is 6. The van der Waals surface area contributed by atoms with Gasteiger partial charge in [-0.25, -0.2) is 0 Å². The van der Waals surface area contributed by atoms with Crippen molar-refractivity contribution in [1.82, 2.24) is 20.1 Å². The first kappa shape index (κ1) is 13.5. The van der Waals surface area contributed by atoms with Crippen molar-refractivity contribution in [2.24, 2.45) is 7.05 Å². The summed E-state index contributed by atoms with van der Waals surface area (Å²) in [5.41, 5.74) is 5.69. The third kappa shape index (κ3) is 2.71. The second-order valence-electron chi connectivity index (χ2n) is 4.07. The van der Waals surface area contributed by atoms with Crippen LogP contribution in [0.2, 0.25) is 0 Å². The third-order valence-electron chi connectivity index (χ3n) is 2.70. The molecule has 3 N–H and O–H groups in total. The van der Waals surface area contributed by atoms with Gasteiger partial charge in [0.05, 0.1) is 17.0 Å². The number of benzene rings is 1. The second kappa shape index (κ2) is 5.34. The fraction of sp³-hybridized carbons (Fsp3) is 0.182. The van der Waals surface area contributed by atoms with Crippen LogP contribution in [0.5, 0.6) is 0 Å². The first-order valence-corrected chi connectivity index (χ1v) is 5.64. The molecule has 0 saturated heterocycles. The molecule has 1 aromatic heterocycles. The Morgan fingerprint density at radius 3 is 2.90 bits per heavy atom. The van der Waals surface area contributed by atoms with E-state index >= 15 is 0 Å². The van der Waals surface area contributed by atoms with Crippen molar-refractivity contribution in [2.45, 2.75) is 6.54 Å². The zero-order chi connectivity index (χ0) is 14.7. The standard InChI is InChI=1S/C11H12N6O3/c1-16-6-14-15-10(16)5-13-11(18)8-4-7(17(19)20)2-3-9(8)12/h2-4,6H,5,12H2,1H3,(H,13,18). The third-order valence-corrected chi connectivity index (χ3v) is 2.70. The van der Waals surface area contributed by atoms with Crippen LogP contribution in [0.15, 0.2) is 24.5 Å². The lowest BCUT2D eigenvalue weighted by Gasteiger charge is -2.07. The molecule has 9 heteroatoms. The number of nitro benzene ring substituents is 1. The molecule has 104 valence electrons. The summed E-state index contributed by atoms with van der Waals surface area (Å²) in [6.45, 7) is 0.150. The van der Waals surface area contributed by atoms with Crippen LogP contribution in [0.1, 0.15) is 16.2 Å². The maximum absolute atomic E-state index is 12.0. The summed E-state index contributed by atoms with van der Waals surface area (Å²) in [7, 11) is 1.74. The van der Waals surface area contributed by atoms with Gasteiger partial charge in [0.2, 0.25) is 0 Å². The van der Waals surface area contributed by atoms with E-state index in [0.29, 0.717) is 5.82 Å². The maximum Gasteiger partial charge on any atom is 0.270 e. The van der Waals surface area contributed by atoms with E-state index in [1.165, 1.54) is 18.5 Å². The molecule has 1 aromatic carbocycles. The molecule has 0 fully saturated rings. The molecule has 0 aliphatic heterocycles. The van der Waals surface area contributed by atoms with Crippen LogP contribution in [0.4, 0.5) is 11.4 Å². The van der Waals surface area contributed by atoms with Crippen molar-refractivity contribution in [3.8, 4) is 0 Å². The van der Waals surface area contributed by atoms with Crippen LogP contribution < -0.4 is 11.1 Å². The minimum Gasteiger partial charge on any atom is -0.398 e. The van der Waals surface area contributed by atoms with Crippen LogP contribution in [-0.2, 0) is 13.6 Å². The molecule has 0 radical (unpaired) electrons. The van der Waals surface area contributed by atoms with Crippen molar-refractivity contribution in [1.29, 1.82) is 0 Å². The average Bonchev–Trinajstić information content (AvgIpc) is 2.81. The SMILES string of the molecule is Cn1cnnc1CNC(=O)c1cc([N+](=O)[O-])ccc1N. The van der Waals surface area contributed by atoms with Gasteiger partial charge in [0.25, 0.3) is 11.6 Å². The fourth-order valence-electron chi connectivity index (χ4n) is 1.58. The number of nitrogens with zero attached hydrogens (tertiary/aromatic N) is 4. The summed E-state index contributed by atoms with van der Waals surface area (Å²) in [6, 6.07) is 3.71. The number of nitrogens with two attached hydrogens (primary N) is 1. The maximum atomic E-state index is 12.0. The van der Waals surface area contributed by atoms with Crippen LogP contribution in [-0.4, -0.2) is 25.6 Å². The van der Waals surface area contributed by atoms with Crippen LogP contribution >= 0.6 is 0 Å². The highest BCUT2D eigenvalue weighted by Crippen LogP contribution is 2.19. The molecule has 0 spiro atoms. The van der Waals surface area contributed by atoms with Crippen LogP contribution in [0, 0.1) is 10.1 Å². The Labute approximate surface area is 113 Å². The highest BCUT2D eigenvalue weighted by molar-refractivity contribution is 5.99. The Morgan fingerprint density at radius 2 is 2.30 bits per heavy atom. The Balaban J connectivity index is 2.15. The number of nitrogen functional groups attached to an aromatic ring is 1. The molecule has 0 saturated carbocycles. The molecule has 0 bridgehead atoms. The van der Waals surface area contributed by atoms with Gasteiger partial charge in [0, 0.05) is 24.9 Å². The van der Waals surface area contributed by atoms with Gasteiger partial charge in [-0.05, 0) is 6.07 Å². The summed E-state index contributed by atoms with van der Waals surface area (Å²) in [5.74, 6) is 0.0524. The van der Waals surface area contributed by atoms with Crippen LogP contribution in [0.3, 0.4) is 0 Å². The monoisotopic (exact) mass is 276 g/mol. The zero-order valence-corrected chi connectivity index (χ0v) is 10.6. The Bertz CT molecular complexity index is 666. The number of aromatic nitrogens is 3. The van der Waals surface area contributed by atoms with Crippen molar-refractivity contribution >= 4 is 17.3 Å². The Morgan fingerprint density at radius 1 is 1.55 bits per heavy atom. The van der Waals surface area contributed by atoms with Gasteiger partial charge in [-0.1, -0.05) is 0 Å². The molecule has 0 aliphatic carbocycles.